The first-order valence-corrected chi connectivity index (χ1v) is 15.5. The zero-order valence-electron chi connectivity index (χ0n) is 22.9. The molecule has 0 aliphatic heterocycles. The molecular weight excluding hydrogens is 448 g/mol. The van der Waals surface area contributed by atoms with Crippen LogP contribution < -0.4 is 0 Å². The van der Waals surface area contributed by atoms with Gasteiger partial charge in [0.2, 0.25) is 0 Å². The molecule has 0 unspecified atom stereocenters. The largest absolute Gasteiger partial charge is 0.458 e. The standard InChI is InChI=1S/C32H48O2S/c1-21(2)8-6-9-22(3)26-13-14-27-25-12-11-23-20-24(34-30(33)29-10-7-19-35-29)15-17-31(23,4)28(25)16-18-32(26,27)5/h7,10-11,19,21-22,24-28H,6,8-9,12-18,20H2,1-5H3/t22-,24+,25+,26-,27+,28+,31+,32-/m1/s1. The van der Waals surface area contributed by atoms with E-state index in [0.717, 1.165) is 53.2 Å². The molecule has 0 spiro atoms. The summed E-state index contributed by atoms with van der Waals surface area (Å²) < 4.78 is 5.97. The molecule has 3 heteroatoms. The van der Waals surface area contributed by atoms with Gasteiger partial charge in [-0.3, -0.25) is 0 Å². The van der Waals surface area contributed by atoms with Gasteiger partial charge in [-0.15, -0.1) is 11.3 Å². The summed E-state index contributed by atoms with van der Waals surface area (Å²) in [7, 11) is 0. The molecule has 194 valence electrons. The molecule has 0 radical (unpaired) electrons. The SMILES string of the molecule is CC(C)CCC[C@@H](C)[C@H]1CC[C@H]2[C@@H]3CC=C4C[C@@H](OC(=O)c5cccs5)CC[C@]4(C)[C@H]3CC[C@]12C. The van der Waals surface area contributed by atoms with Crippen LogP contribution in [0.4, 0.5) is 0 Å². The van der Waals surface area contributed by atoms with Crippen molar-refractivity contribution in [3.63, 3.8) is 0 Å². The zero-order valence-corrected chi connectivity index (χ0v) is 23.7. The van der Waals surface area contributed by atoms with Crippen molar-refractivity contribution in [2.24, 2.45) is 46.3 Å². The first-order chi connectivity index (χ1) is 16.7. The minimum absolute atomic E-state index is 0.0527. The van der Waals surface area contributed by atoms with Crippen LogP contribution in [0.3, 0.4) is 0 Å². The van der Waals surface area contributed by atoms with Crippen molar-refractivity contribution >= 4 is 17.3 Å². The highest BCUT2D eigenvalue weighted by Crippen LogP contribution is 2.67. The fourth-order valence-corrected chi connectivity index (χ4v) is 9.96. The lowest BCUT2D eigenvalue weighted by molar-refractivity contribution is -0.0594. The van der Waals surface area contributed by atoms with Crippen LogP contribution in [0.15, 0.2) is 29.2 Å². The Morgan fingerprint density at radius 2 is 1.91 bits per heavy atom. The van der Waals surface area contributed by atoms with Crippen LogP contribution in [-0.2, 0) is 4.74 Å². The maximum Gasteiger partial charge on any atom is 0.348 e. The van der Waals surface area contributed by atoms with Crippen LogP contribution in [0.2, 0.25) is 0 Å². The lowest BCUT2D eigenvalue weighted by Crippen LogP contribution is -2.51. The molecule has 1 aromatic rings. The number of ether oxygens (including phenoxy) is 1. The molecule has 1 aromatic heterocycles. The zero-order chi connectivity index (χ0) is 24.8. The van der Waals surface area contributed by atoms with Crippen molar-refractivity contribution in [2.75, 3.05) is 0 Å². The molecule has 0 amide bonds. The monoisotopic (exact) mass is 496 g/mol. The van der Waals surface area contributed by atoms with Gasteiger partial charge in [-0.2, -0.15) is 0 Å². The van der Waals surface area contributed by atoms with E-state index in [1.54, 1.807) is 5.57 Å². The molecule has 4 aliphatic carbocycles. The molecule has 1 heterocycles. The van der Waals surface area contributed by atoms with Gasteiger partial charge in [-0.05, 0) is 103 Å². The van der Waals surface area contributed by atoms with E-state index in [1.807, 2.05) is 17.5 Å². The minimum Gasteiger partial charge on any atom is -0.458 e. The van der Waals surface area contributed by atoms with Gasteiger partial charge in [0.15, 0.2) is 0 Å². The average Bonchev–Trinajstić information content (AvgIpc) is 3.47. The number of allylic oxidation sites excluding steroid dienone is 1. The van der Waals surface area contributed by atoms with Crippen molar-refractivity contribution in [3.8, 4) is 0 Å². The number of carbonyl (C=O) groups is 1. The Balaban J connectivity index is 1.26. The summed E-state index contributed by atoms with van der Waals surface area (Å²) in [6.07, 6.45) is 17.0. The smallest absolute Gasteiger partial charge is 0.348 e. The van der Waals surface area contributed by atoms with Gasteiger partial charge in [0, 0.05) is 6.42 Å². The normalized spacial score (nSPS) is 39.4. The summed E-state index contributed by atoms with van der Waals surface area (Å²) >= 11 is 1.48. The predicted molar refractivity (Wildman–Crippen MR) is 147 cm³/mol. The van der Waals surface area contributed by atoms with Crippen molar-refractivity contribution in [3.05, 3.63) is 34.0 Å². The first kappa shape index (κ1) is 25.6. The van der Waals surface area contributed by atoms with Gasteiger partial charge in [0.05, 0.1) is 0 Å². The van der Waals surface area contributed by atoms with Gasteiger partial charge in [0.25, 0.3) is 0 Å². The number of hydrogen-bond acceptors (Lipinski definition) is 3. The van der Waals surface area contributed by atoms with E-state index in [0.29, 0.717) is 10.8 Å². The molecule has 8 atom stereocenters. The van der Waals surface area contributed by atoms with Crippen LogP contribution in [0, 0.1) is 46.3 Å². The molecular formula is C32H48O2S. The van der Waals surface area contributed by atoms with Crippen molar-refractivity contribution in [2.45, 2.75) is 111 Å². The minimum atomic E-state index is -0.129. The van der Waals surface area contributed by atoms with E-state index in [-0.39, 0.29) is 12.1 Å². The Hall–Kier alpha value is -1.09. The highest BCUT2D eigenvalue weighted by Gasteiger charge is 2.59. The summed E-state index contributed by atoms with van der Waals surface area (Å²) in [5.74, 6) is 5.09. The molecule has 3 fully saturated rings. The number of esters is 1. The summed E-state index contributed by atoms with van der Waals surface area (Å²) in [5.41, 5.74) is 2.47. The summed E-state index contributed by atoms with van der Waals surface area (Å²) in [6, 6.07) is 3.81. The summed E-state index contributed by atoms with van der Waals surface area (Å²) in [5, 5.41) is 1.95. The van der Waals surface area contributed by atoms with Gasteiger partial charge in [-0.25, -0.2) is 4.79 Å². The van der Waals surface area contributed by atoms with Crippen LogP contribution >= 0.6 is 11.3 Å². The Bertz CT molecular complexity index is 916. The average molecular weight is 497 g/mol. The predicted octanol–water partition coefficient (Wildman–Crippen LogP) is 9.31. The Morgan fingerprint density at radius 3 is 2.66 bits per heavy atom. The van der Waals surface area contributed by atoms with Crippen LogP contribution in [0.1, 0.15) is 115 Å². The van der Waals surface area contributed by atoms with Crippen LogP contribution in [0.5, 0.6) is 0 Å². The second-order valence-corrected chi connectivity index (χ2v) is 14.5. The van der Waals surface area contributed by atoms with E-state index < -0.39 is 0 Å². The number of carbonyl (C=O) groups excluding carboxylic acids is 1. The van der Waals surface area contributed by atoms with Crippen molar-refractivity contribution in [1.82, 2.24) is 0 Å². The number of thiophene rings is 1. The number of fused-ring (bicyclic) bond motifs is 5. The topological polar surface area (TPSA) is 26.3 Å². The van der Waals surface area contributed by atoms with Gasteiger partial charge in [0.1, 0.15) is 11.0 Å². The quantitative estimate of drug-likeness (QED) is 0.278. The number of rotatable bonds is 7. The molecule has 0 N–H and O–H groups in total. The third-order valence-corrected chi connectivity index (χ3v) is 12.1. The Morgan fingerprint density at radius 1 is 1.09 bits per heavy atom. The van der Waals surface area contributed by atoms with E-state index in [1.165, 1.54) is 69.1 Å². The summed E-state index contributed by atoms with van der Waals surface area (Å²) in [6.45, 7) is 12.6. The van der Waals surface area contributed by atoms with E-state index in [9.17, 15) is 4.79 Å². The first-order valence-electron chi connectivity index (χ1n) is 14.7. The van der Waals surface area contributed by atoms with E-state index in [2.05, 4.69) is 40.7 Å². The molecule has 5 rings (SSSR count). The number of hydrogen-bond donors (Lipinski definition) is 0. The molecule has 0 saturated heterocycles. The van der Waals surface area contributed by atoms with Gasteiger partial charge < -0.3 is 4.74 Å². The third kappa shape index (κ3) is 4.69. The lowest BCUT2D eigenvalue weighted by atomic mass is 9.47. The molecule has 0 bridgehead atoms. The highest BCUT2D eigenvalue weighted by molar-refractivity contribution is 7.11. The van der Waals surface area contributed by atoms with Crippen LogP contribution in [-0.4, -0.2) is 12.1 Å². The second kappa shape index (κ2) is 9.99. The van der Waals surface area contributed by atoms with E-state index in [4.69, 9.17) is 4.74 Å². The Kier molecular flexibility index (Phi) is 7.30. The second-order valence-electron chi connectivity index (χ2n) is 13.5. The van der Waals surface area contributed by atoms with Crippen molar-refractivity contribution in [1.29, 1.82) is 0 Å². The highest BCUT2D eigenvalue weighted by atomic mass is 32.1. The van der Waals surface area contributed by atoms with Gasteiger partial charge in [-0.1, -0.05) is 71.6 Å². The maximum absolute atomic E-state index is 12.6. The van der Waals surface area contributed by atoms with E-state index >= 15 is 0 Å². The fraction of sp³-hybridized carbons (Fsp3) is 0.781. The molecule has 0 aromatic carbocycles. The molecule has 35 heavy (non-hydrogen) atoms. The molecule has 4 aliphatic rings. The van der Waals surface area contributed by atoms with Crippen molar-refractivity contribution < 1.29 is 9.53 Å². The third-order valence-electron chi connectivity index (χ3n) is 11.3. The summed E-state index contributed by atoms with van der Waals surface area (Å²) in [4.78, 5) is 13.3. The molecule has 2 nitrogen and oxygen atoms in total. The lowest BCUT2D eigenvalue weighted by Gasteiger charge is -2.58. The van der Waals surface area contributed by atoms with Crippen LogP contribution in [0.25, 0.3) is 0 Å². The fourth-order valence-electron chi connectivity index (χ4n) is 9.36. The molecule has 3 saturated carbocycles. The Labute approximate surface area is 218 Å². The maximum atomic E-state index is 12.6. The van der Waals surface area contributed by atoms with Gasteiger partial charge >= 0.3 is 5.97 Å².